The smallest absolute Gasteiger partial charge is 0.304 e. The minimum atomic E-state index is -1.10. The largest absolute Gasteiger partial charge is 0.495 e. The van der Waals surface area contributed by atoms with Gasteiger partial charge in [-0.05, 0) is 19.6 Å². The fourth-order valence-electron chi connectivity index (χ4n) is 0.757. The Hall–Kier alpha value is -1.51. The van der Waals surface area contributed by atoms with Gasteiger partial charge in [-0.3, -0.25) is 0 Å². The van der Waals surface area contributed by atoms with Crippen molar-refractivity contribution < 1.29 is 0 Å². The molecule has 0 saturated heterocycles. The van der Waals surface area contributed by atoms with E-state index in [4.69, 9.17) is 15.8 Å². The van der Waals surface area contributed by atoms with E-state index in [0.29, 0.717) is 0 Å². The first kappa shape index (κ1) is 15.0. The Morgan fingerprint density at radius 3 is 1.14 bits per heavy atom. The van der Waals surface area contributed by atoms with Gasteiger partial charge in [0.15, 0.2) is 0 Å². The van der Waals surface area contributed by atoms with Crippen LogP contribution >= 0.6 is 0 Å². The fraction of sp³-hybridized carbons (Fsp3) is 0.667. The molecule has 0 aliphatic carbocycles. The van der Waals surface area contributed by atoms with Crippen LogP contribution < -0.4 is 0 Å². The van der Waals surface area contributed by atoms with Gasteiger partial charge in [0, 0.05) is 17.9 Å². The van der Waals surface area contributed by atoms with E-state index in [-0.39, 0.29) is 0 Å². The lowest BCUT2D eigenvalue weighted by Gasteiger charge is -2.13. The molecule has 0 aliphatic rings. The van der Waals surface area contributed by atoms with Crippen molar-refractivity contribution in [3.05, 3.63) is 0 Å². The van der Waals surface area contributed by atoms with E-state index in [0.717, 1.165) is 0 Å². The highest BCUT2D eigenvalue weighted by Crippen LogP contribution is 1.81. The molecule has 0 aliphatic heterocycles. The topological polar surface area (TPSA) is 74.6 Å². The van der Waals surface area contributed by atoms with Crippen LogP contribution in [-0.4, -0.2) is 31.2 Å². The molecule has 0 aromatic heterocycles. The van der Waals surface area contributed by atoms with E-state index < -0.39 is 6.71 Å². The summed E-state index contributed by atoms with van der Waals surface area (Å²) in [4.78, 5) is 2.38. The third kappa shape index (κ3) is 8.59. The molecular formula is C9H15BN4. The van der Waals surface area contributed by atoms with Crippen LogP contribution in [0.25, 0.3) is 0 Å². The molecule has 0 unspecified atom stereocenters. The molecule has 0 fully saturated rings. The molecule has 0 amide bonds. The first-order valence-corrected chi connectivity index (χ1v) is 4.61. The first-order valence-electron chi connectivity index (χ1n) is 4.61. The predicted molar refractivity (Wildman–Crippen MR) is 56.1 cm³/mol. The van der Waals surface area contributed by atoms with Crippen LogP contribution in [0.2, 0.25) is 0 Å². The minimum Gasteiger partial charge on any atom is -0.304 e. The SMILES string of the molecule is CCN(CC)CC.N#CB(C#N)C#N. The molecule has 0 N–H and O–H groups in total. The molecule has 0 atom stereocenters. The standard InChI is InChI=1S/C6H15N.C3BN3/c1-4-7(5-2)6-3;5-1-4(2-6)3-7/h4-6H2,1-3H3;. The summed E-state index contributed by atoms with van der Waals surface area (Å²) < 4.78 is 0. The molecule has 0 rings (SSSR count). The zero-order chi connectivity index (χ0) is 11.4. The summed E-state index contributed by atoms with van der Waals surface area (Å²) in [5.41, 5.74) is 0. The molecule has 0 aromatic rings. The Morgan fingerprint density at radius 2 is 1.14 bits per heavy atom. The van der Waals surface area contributed by atoms with Gasteiger partial charge in [0.05, 0.1) is 0 Å². The Morgan fingerprint density at radius 1 is 0.857 bits per heavy atom. The van der Waals surface area contributed by atoms with E-state index in [1.54, 1.807) is 0 Å². The molecule has 0 spiro atoms. The average Bonchev–Trinajstić information content (AvgIpc) is 2.24. The van der Waals surface area contributed by atoms with Gasteiger partial charge in [-0.15, -0.1) is 0 Å². The molecule has 0 aromatic carbocycles. The lowest BCUT2D eigenvalue weighted by Crippen LogP contribution is -2.21. The van der Waals surface area contributed by atoms with E-state index in [2.05, 4.69) is 25.7 Å². The van der Waals surface area contributed by atoms with Crippen LogP contribution in [0.15, 0.2) is 0 Å². The fourth-order valence-corrected chi connectivity index (χ4v) is 0.757. The molecule has 0 heterocycles. The number of nitriles is 3. The quantitative estimate of drug-likeness (QED) is 0.622. The Bertz CT molecular complexity index is 202. The number of hydrogen-bond acceptors (Lipinski definition) is 4. The van der Waals surface area contributed by atoms with Gasteiger partial charge < -0.3 is 4.90 Å². The van der Waals surface area contributed by atoms with Crippen LogP contribution in [-0.2, 0) is 0 Å². The minimum absolute atomic E-state index is 1.10. The van der Waals surface area contributed by atoms with Gasteiger partial charge in [0.2, 0.25) is 0 Å². The van der Waals surface area contributed by atoms with Gasteiger partial charge in [-0.2, -0.15) is 0 Å². The molecule has 4 nitrogen and oxygen atoms in total. The maximum Gasteiger partial charge on any atom is 0.495 e. The summed E-state index contributed by atoms with van der Waals surface area (Å²) >= 11 is 0. The van der Waals surface area contributed by atoms with Gasteiger partial charge in [0.1, 0.15) is 0 Å². The van der Waals surface area contributed by atoms with Gasteiger partial charge in [-0.25, -0.2) is 15.8 Å². The highest BCUT2D eigenvalue weighted by Gasteiger charge is 2.08. The van der Waals surface area contributed by atoms with E-state index in [9.17, 15) is 0 Å². The molecular weight excluding hydrogens is 175 g/mol. The van der Waals surface area contributed by atoms with Gasteiger partial charge in [0.25, 0.3) is 0 Å². The molecule has 0 saturated carbocycles. The summed E-state index contributed by atoms with van der Waals surface area (Å²) in [7, 11) is 0. The van der Waals surface area contributed by atoms with Crippen molar-refractivity contribution in [3.8, 4) is 17.9 Å². The number of hydrogen-bond donors (Lipinski definition) is 0. The molecule has 14 heavy (non-hydrogen) atoms. The Kier molecular flexibility index (Phi) is 12.3. The maximum atomic E-state index is 7.83. The summed E-state index contributed by atoms with van der Waals surface area (Å²) in [6, 6.07) is 0. The summed E-state index contributed by atoms with van der Waals surface area (Å²) in [5.74, 6) is 4.44. The maximum absolute atomic E-state index is 7.83. The Balaban J connectivity index is 0. The van der Waals surface area contributed by atoms with E-state index in [1.807, 2.05) is 0 Å². The predicted octanol–water partition coefficient (Wildman–Crippen LogP) is 1.02. The van der Waals surface area contributed by atoms with Crippen molar-refractivity contribution in [3.63, 3.8) is 0 Å². The van der Waals surface area contributed by atoms with Crippen LogP contribution in [0.1, 0.15) is 20.8 Å². The van der Waals surface area contributed by atoms with Gasteiger partial charge >= 0.3 is 6.71 Å². The molecule has 0 bridgehead atoms. The average molecular weight is 190 g/mol. The number of rotatable bonds is 3. The second-order valence-corrected chi connectivity index (χ2v) is 2.44. The molecule has 0 radical (unpaired) electrons. The van der Waals surface area contributed by atoms with Crippen molar-refractivity contribution in [1.29, 1.82) is 15.8 Å². The second kappa shape index (κ2) is 11.5. The first-order chi connectivity index (χ1) is 6.69. The van der Waals surface area contributed by atoms with Crippen molar-refractivity contribution in [2.45, 2.75) is 20.8 Å². The van der Waals surface area contributed by atoms with Crippen LogP contribution in [0.5, 0.6) is 0 Å². The zero-order valence-corrected chi connectivity index (χ0v) is 8.99. The lowest BCUT2D eigenvalue weighted by molar-refractivity contribution is 0.321. The molecule has 5 heteroatoms. The van der Waals surface area contributed by atoms with Crippen molar-refractivity contribution in [1.82, 2.24) is 4.90 Å². The van der Waals surface area contributed by atoms with Gasteiger partial charge in [-0.1, -0.05) is 20.8 Å². The van der Waals surface area contributed by atoms with E-state index in [1.165, 1.54) is 37.5 Å². The number of nitrogens with zero attached hydrogens (tertiary/aromatic N) is 4. The highest BCUT2D eigenvalue weighted by molar-refractivity contribution is 6.81. The monoisotopic (exact) mass is 190 g/mol. The van der Waals surface area contributed by atoms with Crippen molar-refractivity contribution in [2.24, 2.45) is 0 Å². The highest BCUT2D eigenvalue weighted by atomic mass is 15.1. The third-order valence-electron chi connectivity index (χ3n) is 1.73. The lowest BCUT2D eigenvalue weighted by atomic mass is 9.55. The molecule has 74 valence electrons. The summed E-state index contributed by atoms with van der Waals surface area (Å²) in [6.07, 6.45) is 0. The normalized spacial score (nSPS) is 7.50. The second-order valence-electron chi connectivity index (χ2n) is 2.44. The van der Waals surface area contributed by atoms with Crippen molar-refractivity contribution >= 4 is 6.71 Å². The van der Waals surface area contributed by atoms with E-state index >= 15 is 0 Å². The third-order valence-corrected chi connectivity index (χ3v) is 1.73. The summed E-state index contributed by atoms with van der Waals surface area (Å²) in [5, 5.41) is 23.5. The van der Waals surface area contributed by atoms with Crippen LogP contribution in [0.4, 0.5) is 0 Å². The van der Waals surface area contributed by atoms with Crippen LogP contribution in [0.3, 0.4) is 0 Å². The Labute approximate surface area is 86.4 Å². The van der Waals surface area contributed by atoms with Crippen molar-refractivity contribution in [2.75, 3.05) is 19.6 Å². The van der Waals surface area contributed by atoms with Crippen LogP contribution in [0, 0.1) is 33.7 Å². The summed E-state index contributed by atoms with van der Waals surface area (Å²) in [6.45, 7) is 9.03. The zero-order valence-electron chi connectivity index (χ0n) is 8.99.